The van der Waals surface area contributed by atoms with Crippen molar-refractivity contribution in [2.24, 2.45) is 0 Å². The number of rotatable bonds is 3. The summed E-state index contributed by atoms with van der Waals surface area (Å²) in [6.07, 6.45) is 1.40. The standard InChI is InChI=1S/C14H17N3O2/c1-3-16-9-12(15)13(18)17(14(16)19)8-11-6-4-5-10(2)7-11/h4-7,9H,3,8,15H2,1-2H3. The van der Waals surface area contributed by atoms with Gasteiger partial charge in [-0.15, -0.1) is 0 Å². The van der Waals surface area contributed by atoms with Gasteiger partial charge in [0.25, 0.3) is 5.56 Å². The summed E-state index contributed by atoms with van der Waals surface area (Å²) < 4.78 is 2.61. The molecular weight excluding hydrogens is 242 g/mol. The molecule has 5 heteroatoms. The Bertz CT molecular complexity index is 713. The summed E-state index contributed by atoms with van der Waals surface area (Å²) in [4.78, 5) is 24.1. The average Bonchev–Trinajstić information content (AvgIpc) is 2.39. The molecule has 2 aromatic rings. The van der Waals surface area contributed by atoms with E-state index in [4.69, 9.17) is 5.73 Å². The molecule has 1 aromatic carbocycles. The normalized spacial score (nSPS) is 10.6. The maximum absolute atomic E-state index is 12.1. The lowest BCUT2D eigenvalue weighted by atomic mass is 10.1. The summed E-state index contributed by atoms with van der Waals surface area (Å²) in [6, 6.07) is 7.71. The van der Waals surface area contributed by atoms with Gasteiger partial charge in [0.2, 0.25) is 0 Å². The second-order valence-corrected chi connectivity index (χ2v) is 4.53. The largest absolute Gasteiger partial charge is 0.393 e. The van der Waals surface area contributed by atoms with Crippen molar-refractivity contribution in [3.05, 3.63) is 62.4 Å². The zero-order valence-corrected chi connectivity index (χ0v) is 11.1. The van der Waals surface area contributed by atoms with Crippen molar-refractivity contribution in [2.45, 2.75) is 26.9 Å². The molecule has 0 spiro atoms. The quantitative estimate of drug-likeness (QED) is 0.892. The van der Waals surface area contributed by atoms with Crippen LogP contribution in [0.25, 0.3) is 0 Å². The van der Waals surface area contributed by atoms with Gasteiger partial charge in [0, 0.05) is 12.7 Å². The summed E-state index contributed by atoms with van der Waals surface area (Å²) >= 11 is 0. The van der Waals surface area contributed by atoms with Gasteiger partial charge in [-0.05, 0) is 19.4 Å². The van der Waals surface area contributed by atoms with E-state index in [1.54, 1.807) is 0 Å². The second kappa shape index (κ2) is 5.14. The maximum atomic E-state index is 12.1. The Morgan fingerprint density at radius 3 is 2.63 bits per heavy atom. The molecule has 19 heavy (non-hydrogen) atoms. The van der Waals surface area contributed by atoms with E-state index in [-0.39, 0.29) is 17.9 Å². The molecule has 2 N–H and O–H groups in total. The van der Waals surface area contributed by atoms with Gasteiger partial charge in [-0.1, -0.05) is 29.8 Å². The van der Waals surface area contributed by atoms with Crippen LogP contribution in [-0.2, 0) is 13.1 Å². The first kappa shape index (κ1) is 13.1. The SMILES string of the molecule is CCn1cc(N)c(=O)n(Cc2cccc(C)c2)c1=O. The zero-order valence-electron chi connectivity index (χ0n) is 11.1. The minimum atomic E-state index is -0.434. The van der Waals surface area contributed by atoms with E-state index in [1.807, 2.05) is 38.1 Å². The summed E-state index contributed by atoms with van der Waals surface area (Å²) in [7, 11) is 0. The third kappa shape index (κ3) is 2.59. The molecule has 0 aliphatic carbocycles. The van der Waals surface area contributed by atoms with Gasteiger partial charge in [0.15, 0.2) is 0 Å². The summed E-state index contributed by atoms with van der Waals surface area (Å²) in [5.74, 6) is 0. The van der Waals surface area contributed by atoms with Crippen LogP contribution in [0.2, 0.25) is 0 Å². The Kier molecular flexibility index (Phi) is 3.55. The average molecular weight is 259 g/mol. The number of nitrogens with two attached hydrogens (primary N) is 1. The first-order valence-corrected chi connectivity index (χ1v) is 6.18. The minimum absolute atomic E-state index is 0.0918. The highest BCUT2D eigenvalue weighted by Crippen LogP contribution is 2.04. The van der Waals surface area contributed by atoms with Crippen molar-refractivity contribution in [3.8, 4) is 0 Å². The molecule has 0 amide bonds. The molecule has 0 saturated heterocycles. The molecule has 1 aromatic heterocycles. The van der Waals surface area contributed by atoms with Crippen LogP contribution in [0.4, 0.5) is 5.69 Å². The molecule has 0 aliphatic heterocycles. The van der Waals surface area contributed by atoms with E-state index < -0.39 is 5.56 Å². The molecule has 1 heterocycles. The van der Waals surface area contributed by atoms with Gasteiger partial charge in [-0.25, -0.2) is 4.79 Å². The molecule has 100 valence electrons. The maximum Gasteiger partial charge on any atom is 0.331 e. The van der Waals surface area contributed by atoms with Crippen molar-refractivity contribution in [1.29, 1.82) is 0 Å². The Labute approximate surface area is 110 Å². The summed E-state index contributed by atoms with van der Waals surface area (Å²) in [5.41, 5.74) is 6.98. The van der Waals surface area contributed by atoms with E-state index in [0.717, 1.165) is 11.1 Å². The molecule has 5 nitrogen and oxygen atoms in total. The number of hydrogen-bond donors (Lipinski definition) is 1. The number of nitrogens with zero attached hydrogens (tertiary/aromatic N) is 2. The van der Waals surface area contributed by atoms with E-state index in [1.165, 1.54) is 15.3 Å². The van der Waals surface area contributed by atoms with Crippen LogP contribution in [0.15, 0.2) is 40.1 Å². The molecule has 0 atom stereocenters. The first-order chi connectivity index (χ1) is 9.02. The number of anilines is 1. The van der Waals surface area contributed by atoms with E-state index in [9.17, 15) is 9.59 Å². The predicted molar refractivity (Wildman–Crippen MR) is 75.3 cm³/mol. The lowest BCUT2D eigenvalue weighted by Crippen LogP contribution is -2.40. The van der Waals surface area contributed by atoms with E-state index in [0.29, 0.717) is 6.54 Å². The highest BCUT2D eigenvalue weighted by molar-refractivity contribution is 5.31. The Hall–Kier alpha value is -2.30. The molecular formula is C14H17N3O2. The Balaban J connectivity index is 2.54. The highest BCUT2D eigenvalue weighted by Gasteiger charge is 2.09. The number of hydrogen-bond acceptors (Lipinski definition) is 3. The van der Waals surface area contributed by atoms with Crippen LogP contribution in [0.3, 0.4) is 0 Å². The smallest absolute Gasteiger partial charge is 0.331 e. The highest BCUT2D eigenvalue weighted by atomic mass is 16.2. The van der Waals surface area contributed by atoms with Crippen molar-refractivity contribution >= 4 is 5.69 Å². The molecule has 0 radical (unpaired) electrons. The predicted octanol–water partition coefficient (Wildman–Crippen LogP) is 0.969. The van der Waals surface area contributed by atoms with Crippen LogP contribution >= 0.6 is 0 Å². The van der Waals surface area contributed by atoms with Crippen LogP contribution in [0.1, 0.15) is 18.1 Å². The van der Waals surface area contributed by atoms with Crippen molar-refractivity contribution in [3.63, 3.8) is 0 Å². The van der Waals surface area contributed by atoms with Gasteiger partial charge in [0.05, 0.1) is 6.54 Å². The van der Waals surface area contributed by atoms with Gasteiger partial charge in [-0.3, -0.25) is 13.9 Å². The number of aromatic nitrogens is 2. The van der Waals surface area contributed by atoms with Crippen molar-refractivity contribution in [1.82, 2.24) is 9.13 Å². The second-order valence-electron chi connectivity index (χ2n) is 4.53. The van der Waals surface area contributed by atoms with Crippen LogP contribution < -0.4 is 17.0 Å². The minimum Gasteiger partial charge on any atom is -0.393 e. The molecule has 0 aliphatic rings. The third-order valence-electron chi connectivity index (χ3n) is 3.03. The van der Waals surface area contributed by atoms with Gasteiger partial charge >= 0.3 is 5.69 Å². The van der Waals surface area contributed by atoms with Gasteiger partial charge < -0.3 is 5.73 Å². The zero-order chi connectivity index (χ0) is 14.0. The molecule has 0 unspecified atom stereocenters. The monoisotopic (exact) mass is 259 g/mol. The van der Waals surface area contributed by atoms with Crippen molar-refractivity contribution in [2.75, 3.05) is 5.73 Å². The third-order valence-corrected chi connectivity index (χ3v) is 3.03. The van der Waals surface area contributed by atoms with Crippen LogP contribution in [0, 0.1) is 6.92 Å². The molecule has 0 bridgehead atoms. The summed E-state index contributed by atoms with van der Waals surface area (Å²) in [6.45, 7) is 4.53. The fourth-order valence-electron chi connectivity index (χ4n) is 2.04. The first-order valence-electron chi connectivity index (χ1n) is 6.18. The Morgan fingerprint density at radius 2 is 2.00 bits per heavy atom. The fourth-order valence-corrected chi connectivity index (χ4v) is 2.04. The number of aryl methyl sites for hydroxylation is 2. The van der Waals surface area contributed by atoms with E-state index >= 15 is 0 Å². The lowest BCUT2D eigenvalue weighted by molar-refractivity contribution is 0.603. The number of nitrogen functional groups attached to an aromatic ring is 1. The van der Waals surface area contributed by atoms with E-state index in [2.05, 4.69) is 0 Å². The molecule has 2 rings (SSSR count). The lowest BCUT2D eigenvalue weighted by Gasteiger charge is -2.10. The van der Waals surface area contributed by atoms with Crippen molar-refractivity contribution < 1.29 is 0 Å². The number of benzene rings is 1. The molecule has 0 saturated carbocycles. The summed E-state index contributed by atoms with van der Waals surface area (Å²) in [5, 5.41) is 0. The van der Waals surface area contributed by atoms with Gasteiger partial charge in [-0.2, -0.15) is 0 Å². The van der Waals surface area contributed by atoms with Gasteiger partial charge in [0.1, 0.15) is 5.69 Å². The molecule has 0 fully saturated rings. The fraction of sp³-hybridized carbons (Fsp3) is 0.286. The van der Waals surface area contributed by atoms with Crippen LogP contribution in [-0.4, -0.2) is 9.13 Å². The topological polar surface area (TPSA) is 70.0 Å². The Morgan fingerprint density at radius 1 is 1.26 bits per heavy atom. The van der Waals surface area contributed by atoms with Crippen LogP contribution in [0.5, 0.6) is 0 Å².